The van der Waals surface area contributed by atoms with Gasteiger partial charge in [-0.3, -0.25) is 4.79 Å². The van der Waals surface area contributed by atoms with Crippen molar-refractivity contribution in [3.8, 4) is 11.5 Å². The van der Waals surface area contributed by atoms with Crippen LogP contribution < -0.4 is 14.8 Å². The Bertz CT molecular complexity index is 1560. The second-order valence-electron chi connectivity index (χ2n) is 11.6. The van der Waals surface area contributed by atoms with Crippen molar-refractivity contribution in [2.75, 3.05) is 11.9 Å². The smallest absolute Gasteiger partial charge is 0.259 e. The zero-order chi connectivity index (χ0) is 29.7. The van der Waals surface area contributed by atoms with Gasteiger partial charge in [-0.1, -0.05) is 51.1 Å². The molecule has 7 heteroatoms. The van der Waals surface area contributed by atoms with Gasteiger partial charge >= 0.3 is 0 Å². The SMILES string of the molecule is CCOc1cc(C=Nc2sc3c(c2C(=O)Nc2ccccc2)CC[C@@H](C(C)(C)C)C3)ccc1OCc1ccc(F)cc1. The summed E-state index contributed by atoms with van der Waals surface area (Å²) >= 11 is 1.62. The lowest BCUT2D eigenvalue weighted by molar-refractivity contribution is 0.102. The third-order valence-electron chi connectivity index (χ3n) is 7.64. The van der Waals surface area contributed by atoms with Gasteiger partial charge in [-0.05, 0) is 96.7 Å². The second-order valence-corrected chi connectivity index (χ2v) is 12.7. The van der Waals surface area contributed by atoms with E-state index in [0.29, 0.717) is 36.2 Å². The highest BCUT2D eigenvalue weighted by molar-refractivity contribution is 7.16. The van der Waals surface area contributed by atoms with Crippen molar-refractivity contribution < 1.29 is 18.7 Å². The molecule has 1 heterocycles. The number of nitrogens with one attached hydrogen (secondary N) is 1. The third-order valence-corrected chi connectivity index (χ3v) is 8.80. The lowest BCUT2D eigenvalue weighted by Crippen LogP contribution is -2.27. The molecule has 4 aromatic rings. The number of nitrogens with zero attached hydrogens (tertiary/aromatic N) is 1. The van der Waals surface area contributed by atoms with Crippen LogP contribution in [0.25, 0.3) is 0 Å². The summed E-state index contributed by atoms with van der Waals surface area (Å²) in [4.78, 5) is 19.7. The molecule has 1 aliphatic carbocycles. The summed E-state index contributed by atoms with van der Waals surface area (Å²) < 4.78 is 25.1. The van der Waals surface area contributed by atoms with Crippen LogP contribution in [0.4, 0.5) is 15.1 Å². The van der Waals surface area contributed by atoms with Crippen LogP contribution in [0.3, 0.4) is 0 Å². The fourth-order valence-electron chi connectivity index (χ4n) is 5.22. The van der Waals surface area contributed by atoms with E-state index in [1.165, 1.54) is 17.0 Å². The number of rotatable bonds is 9. The Kier molecular flexibility index (Phi) is 9.07. The number of thiophene rings is 1. The molecule has 1 amide bonds. The molecule has 0 unspecified atom stereocenters. The fraction of sp³-hybridized carbons (Fsp3) is 0.314. The average Bonchev–Trinajstić information content (AvgIpc) is 3.34. The number of para-hydroxylation sites is 1. The Morgan fingerprint density at radius 2 is 1.81 bits per heavy atom. The highest BCUT2D eigenvalue weighted by Crippen LogP contribution is 2.45. The molecule has 1 aromatic heterocycles. The molecule has 0 fully saturated rings. The van der Waals surface area contributed by atoms with Gasteiger partial charge in [-0.2, -0.15) is 0 Å². The highest BCUT2D eigenvalue weighted by atomic mass is 32.1. The second kappa shape index (κ2) is 12.9. The number of anilines is 1. The quantitative estimate of drug-likeness (QED) is 0.200. The monoisotopic (exact) mass is 584 g/mol. The Morgan fingerprint density at radius 1 is 1.05 bits per heavy atom. The molecule has 1 atom stereocenters. The summed E-state index contributed by atoms with van der Waals surface area (Å²) in [6, 6.07) is 21.4. The lowest BCUT2D eigenvalue weighted by Gasteiger charge is -2.33. The van der Waals surface area contributed by atoms with Crippen molar-refractivity contribution in [2.45, 2.75) is 53.6 Å². The first-order valence-corrected chi connectivity index (χ1v) is 15.2. The minimum atomic E-state index is -0.279. The van der Waals surface area contributed by atoms with Crippen LogP contribution in [0.15, 0.2) is 77.8 Å². The van der Waals surface area contributed by atoms with E-state index >= 15 is 0 Å². The number of benzene rings is 3. The molecule has 218 valence electrons. The molecule has 1 aliphatic rings. The van der Waals surface area contributed by atoms with E-state index in [2.05, 4.69) is 26.1 Å². The van der Waals surface area contributed by atoms with Crippen LogP contribution in [0.5, 0.6) is 11.5 Å². The molecule has 0 bridgehead atoms. The lowest BCUT2D eigenvalue weighted by atomic mass is 9.72. The van der Waals surface area contributed by atoms with E-state index < -0.39 is 0 Å². The highest BCUT2D eigenvalue weighted by Gasteiger charge is 2.33. The van der Waals surface area contributed by atoms with Gasteiger partial charge in [0.05, 0.1) is 12.2 Å². The molecular weight excluding hydrogens is 547 g/mol. The summed E-state index contributed by atoms with van der Waals surface area (Å²) in [6.07, 6.45) is 4.66. The van der Waals surface area contributed by atoms with Crippen molar-refractivity contribution in [3.63, 3.8) is 0 Å². The molecule has 0 saturated carbocycles. The largest absolute Gasteiger partial charge is 0.490 e. The molecular formula is C35H37FN2O3S. The number of ether oxygens (including phenoxy) is 2. The number of amides is 1. The summed E-state index contributed by atoms with van der Waals surface area (Å²) in [7, 11) is 0. The Hall–Kier alpha value is -3.97. The molecule has 1 N–H and O–H groups in total. The van der Waals surface area contributed by atoms with E-state index in [9.17, 15) is 9.18 Å². The number of fused-ring (bicyclic) bond motifs is 1. The van der Waals surface area contributed by atoms with E-state index in [-0.39, 0.29) is 17.1 Å². The number of hydrogen-bond acceptors (Lipinski definition) is 5. The predicted molar refractivity (Wildman–Crippen MR) is 169 cm³/mol. The van der Waals surface area contributed by atoms with Gasteiger partial charge in [0.1, 0.15) is 17.4 Å². The normalized spacial score (nSPS) is 14.9. The van der Waals surface area contributed by atoms with Gasteiger partial charge < -0.3 is 14.8 Å². The Morgan fingerprint density at radius 3 is 2.52 bits per heavy atom. The number of carbonyl (C=O) groups excluding carboxylic acids is 1. The first kappa shape index (κ1) is 29.5. The minimum Gasteiger partial charge on any atom is -0.490 e. The molecule has 0 radical (unpaired) electrons. The summed E-state index contributed by atoms with van der Waals surface area (Å²) in [5.41, 5.74) is 4.46. The van der Waals surface area contributed by atoms with Gasteiger partial charge in [-0.15, -0.1) is 11.3 Å². The predicted octanol–water partition coefficient (Wildman–Crippen LogP) is 9.02. The molecule has 0 saturated heterocycles. The zero-order valence-corrected chi connectivity index (χ0v) is 25.4. The first-order valence-electron chi connectivity index (χ1n) is 14.4. The van der Waals surface area contributed by atoms with Crippen LogP contribution in [0.1, 0.15) is 66.0 Å². The van der Waals surface area contributed by atoms with Crippen molar-refractivity contribution in [1.29, 1.82) is 0 Å². The summed E-state index contributed by atoms with van der Waals surface area (Å²) in [5.74, 6) is 1.35. The maximum absolute atomic E-state index is 13.6. The number of halogens is 1. The number of hydrogen-bond donors (Lipinski definition) is 1. The molecule has 42 heavy (non-hydrogen) atoms. The average molecular weight is 585 g/mol. The van der Waals surface area contributed by atoms with Gasteiger partial charge in [0.15, 0.2) is 11.5 Å². The van der Waals surface area contributed by atoms with Gasteiger partial charge in [0.2, 0.25) is 0 Å². The van der Waals surface area contributed by atoms with Gasteiger partial charge in [0, 0.05) is 16.8 Å². The fourth-order valence-corrected chi connectivity index (χ4v) is 6.49. The van der Waals surface area contributed by atoms with E-state index in [4.69, 9.17) is 14.5 Å². The summed E-state index contributed by atoms with van der Waals surface area (Å²) in [6.45, 7) is 9.57. The zero-order valence-electron chi connectivity index (χ0n) is 24.6. The molecule has 5 nitrogen and oxygen atoms in total. The third kappa shape index (κ3) is 7.08. The van der Waals surface area contributed by atoms with Crippen LogP contribution >= 0.6 is 11.3 Å². The number of aliphatic imine (C=N–C) groups is 1. The molecule has 5 rings (SSSR count). The molecule has 0 spiro atoms. The van der Waals surface area contributed by atoms with Crippen molar-refractivity contribution in [2.24, 2.45) is 16.3 Å². The summed E-state index contributed by atoms with van der Waals surface area (Å²) in [5, 5.41) is 3.79. The molecule has 0 aliphatic heterocycles. The number of carbonyl (C=O) groups is 1. The molecule has 3 aromatic carbocycles. The maximum atomic E-state index is 13.6. The first-order chi connectivity index (χ1) is 20.2. The van der Waals surface area contributed by atoms with Crippen LogP contribution in [-0.2, 0) is 19.4 Å². The van der Waals surface area contributed by atoms with E-state index in [1.54, 1.807) is 29.7 Å². The maximum Gasteiger partial charge on any atom is 0.259 e. The van der Waals surface area contributed by atoms with E-state index in [0.717, 1.165) is 46.6 Å². The van der Waals surface area contributed by atoms with Crippen LogP contribution in [-0.4, -0.2) is 18.7 Å². The van der Waals surface area contributed by atoms with Crippen molar-refractivity contribution >= 4 is 34.1 Å². The minimum absolute atomic E-state index is 0.125. The van der Waals surface area contributed by atoms with Crippen LogP contribution in [0, 0.1) is 17.2 Å². The van der Waals surface area contributed by atoms with E-state index in [1.807, 2.05) is 55.5 Å². The topological polar surface area (TPSA) is 59.9 Å². The van der Waals surface area contributed by atoms with Gasteiger partial charge in [0.25, 0.3) is 5.91 Å². The Balaban J connectivity index is 1.42. The van der Waals surface area contributed by atoms with Gasteiger partial charge in [-0.25, -0.2) is 9.38 Å². The van der Waals surface area contributed by atoms with Crippen molar-refractivity contribution in [1.82, 2.24) is 0 Å². The van der Waals surface area contributed by atoms with Crippen LogP contribution in [0.2, 0.25) is 0 Å². The van der Waals surface area contributed by atoms with Crippen molar-refractivity contribution in [3.05, 3.63) is 106 Å². The standard InChI is InChI=1S/C35H37FN2O3S/c1-5-40-30-19-24(13-18-29(30)41-22-23-11-15-26(36)16-12-23)21-37-34-32(33(39)38-27-9-7-6-8-10-27)28-17-14-25(35(2,3)4)20-31(28)42-34/h6-13,15-16,18-19,21,25H,5,14,17,20,22H2,1-4H3,(H,38,39)/t25-/m1/s1. The Labute approximate surface area is 251 Å².